The van der Waals surface area contributed by atoms with Crippen LogP contribution in [0.4, 0.5) is 0 Å². The number of hydrogen-bond donors (Lipinski definition) is 1. The largest absolute Gasteiger partial charge is 0.476 e. The van der Waals surface area contributed by atoms with Gasteiger partial charge in [0, 0.05) is 24.7 Å². The molecule has 1 N–H and O–H groups in total. The Kier molecular flexibility index (Phi) is 6.37. The Morgan fingerprint density at radius 2 is 2.03 bits per heavy atom. The Labute approximate surface area is 208 Å². The van der Waals surface area contributed by atoms with Gasteiger partial charge in [-0.05, 0) is 81.8 Å². The molecule has 6 heteroatoms. The molecule has 2 heterocycles. The summed E-state index contributed by atoms with van der Waals surface area (Å²) in [6.07, 6.45) is 10.8. The first-order valence-corrected chi connectivity index (χ1v) is 13.4. The van der Waals surface area contributed by atoms with Gasteiger partial charge in [0.1, 0.15) is 0 Å². The maximum atomic E-state index is 13.2. The highest BCUT2D eigenvalue weighted by atomic mass is 16.4. The molecule has 188 valence electrons. The molecule has 6 rings (SSSR count). The van der Waals surface area contributed by atoms with E-state index in [1.165, 1.54) is 32.1 Å². The summed E-state index contributed by atoms with van der Waals surface area (Å²) in [7, 11) is 0. The smallest absolute Gasteiger partial charge is 0.360 e. The van der Waals surface area contributed by atoms with E-state index in [1.807, 2.05) is 25.1 Å². The van der Waals surface area contributed by atoms with Gasteiger partial charge in [0.25, 0.3) is 5.56 Å². The van der Waals surface area contributed by atoms with E-state index in [0.717, 1.165) is 31.2 Å². The van der Waals surface area contributed by atoms with Gasteiger partial charge >= 0.3 is 5.97 Å². The summed E-state index contributed by atoms with van der Waals surface area (Å²) in [4.78, 5) is 31.7. The molecule has 2 unspecified atom stereocenters. The third-order valence-electron chi connectivity index (χ3n) is 9.51. The monoisotopic (exact) mass is 477 g/mol. The molecule has 0 radical (unpaired) electrons. The molecule has 2 aromatic rings. The van der Waals surface area contributed by atoms with Crippen molar-refractivity contribution in [1.82, 2.24) is 14.5 Å². The first kappa shape index (κ1) is 24.2. The third-order valence-corrected chi connectivity index (χ3v) is 9.51. The summed E-state index contributed by atoms with van der Waals surface area (Å²) in [6.45, 7) is 10.2. The summed E-state index contributed by atoms with van der Waals surface area (Å²) in [5, 5.41) is 9.59. The summed E-state index contributed by atoms with van der Waals surface area (Å²) in [5.41, 5.74) is 2.46. The van der Waals surface area contributed by atoms with Crippen LogP contribution in [0, 0.1) is 17.3 Å². The summed E-state index contributed by atoms with van der Waals surface area (Å²) in [5.74, 6) is 0.376. The lowest BCUT2D eigenvalue weighted by molar-refractivity contribution is -0.0284. The number of rotatable bonds is 6. The van der Waals surface area contributed by atoms with Crippen LogP contribution < -0.4 is 5.56 Å². The van der Waals surface area contributed by atoms with Gasteiger partial charge in [-0.25, -0.2) is 9.78 Å². The minimum Gasteiger partial charge on any atom is -0.476 e. The predicted molar refractivity (Wildman–Crippen MR) is 139 cm³/mol. The Hall–Kier alpha value is -2.47. The number of allylic oxidation sites excluding steroid dienone is 1. The number of nitrogens with zero attached hydrogens (tertiary/aromatic N) is 3. The molecular weight excluding hydrogens is 438 g/mol. The van der Waals surface area contributed by atoms with Gasteiger partial charge in [-0.15, -0.1) is 0 Å². The standard InChI is InChI=1S/C29H39N3O3/c1-18-8-7-9-22(31(18)15-14-20-12-13-21-17-23(20)29(21,3)4)16-19(2)32-25-11-6-5-10-24(25)30-26(27(32)33)28(34)35/h5-6,10-11,14,18-19,21-23H,7-9,12-13,15-17H2,1-4H3,(H,34,35)/b20-14+/t18-,19+,21?,22-,23?/m1/s1. The fourth-order valence-electron chi connectivity index (χ4n) is 7.27. The van der Waals surface area contributed by atoms with Gasteiger partial charge in [-0.1, -0.05) is 44.1 Å². The second kappa shape index (κ2) is 9.20. The van der Waals surface area contributed by atoms with Gasteiger partial charge in [0.2, 0.25) is 5.69 Å². The summed E-state index contributed by atoms with van der Waals surface area (Å²) in [6, 6.07) is 8.10. The van der Waals surface area contributed by atoms with Crippen molar-refractivity contribution >= 4 is 17.0 Å². The number of carboxylic acids is 1. The van der Waals surface area contributed by atoms with Crippen LogP contribution in [0.2, 0.25) is 0 Å². The molecule has 4 aliphatic rings. The number of piperidine rings is 1. The van der Waals surface area contributed by atoms with E-state index < -0.39 is 17.2 Å². The second-order valence-electron chi connectivity index (χ2n) is 11.8. The Balaban J connectivity index is 1.40. The van der Waals surface area contributed by atoms with Crippen molar-refractivity contribution in [2.45, 2.75) is 90.8 Å². The van der Waals surface area contributed by atoms with Crippen molar-refractivity contribution in [3.8, 4) is 0 Å². The van der Waals surface area contributed by atoms with Crippen LogP contribution in [0.3, 0.4) is 0 Å². The lowest BCUT2D eigenvalue weighted by Gasteiger charge is -2.58. The molecule has 35 heavy (non-hydrogen) atoms. The molecular formula is C29H39N3O3. The first-order chi connectivity index (χ1) is 16.7. The molecule has 1 aromatic heterocycles. The van der Waals surface area contributed by atoms with E-state index in [0.29, 0.717) is 28.5 Å². The normalized spacial score (nSPS) is 30.2. The Morgan fingerprint density at radius 1 is 1.26 bits per heavy atom. The molecule has 1 aliphatic heterocycles. The second-order valence-corrected chi connectivity index (χ2v) is 11.8. The Morgan fingerprint density at radius 3 is 2.74 bits per heavy atom. The van der Waals surface area contributed by atoms with Crippen molar-refractivity contribution < 1.29 is 9.90 Å². The van der Waals surface area contributed by atoms with E-state index in [1.54, 1.807) is 16.2 Å². The van der Waals surface area contributed by atoms with Crippen molar-refractivity contribution in [2.24, 2.45) is 17.3 Å². The third kappa shape index (κ3) is 4.24. The van der Waals surface area contributed by atoms with Crippen LogP contribution in [-0.4, -0.2) is 44.2 Å². The maximum absolute atomic E-state index is 13.2. The van der Waals surface area contributed by atoms with Crippen molar-refractivity contribution in [2.75, 3.05) is 6.54 Å². The van der Waals surface area contributed by atoms with Gasteiger partial charge in [0.15, 0.2) is 0 Å². The van der Waals surface area contributed by atoms with E-state index in [9.17, 15) is 14.7 Å². The SMILES string of the molecule is C[C@@H]1CCC[C@H](C[C@H](C)n2c(=O)c(C(=O)O)nc3ccccc32)N1C/C=C1\CCC2CC1C2(C)C. The topological polar surface area (TPSA) is 75.4 Å². The number of hydrogen-bond acceptors (Lipinski definition) is 4. The molecule has 3 saturated carbocycles. The van der Waals surface area contributed by atoms with Crippen LogP contribution in [0.25, 0.3) is 11.0 Å². The average Bonchev–Trinajstić information content (AvgIpc) is 2.83. The number of aromatic carboxylic acids is 1. The summed E-state index contributed by atoms with van der Waals surface area (Å²) >= 11 is 0. The van der Waals surface area contributed by atoms with E-state index in [4.69, 9.17) is 0 Å². The molecule has 5 atom stereocenters. The number of carboxylic acid groups (broad SMARTS) is 1. The highest BCUT2D eigenvalue weighted by molar-refractivity contribution is 5.88. The Bertz CT molecular complexity index is 1210. The van der Waals surface area contributed by atoms with Crippen LogP contribution in [-0.2, 0) is 0 Å². The highest BCUT2D eigenvalue weighted by Gasteiger charge is 2.51. The zero-order chi connectivity index (χ0) is 24.9. The van der Waals surface area contributed by atoms with Crippen LogP contribution in [0.1, 0.15) is 89.2 Å². The van der Waals surface area contributed by atoms with Crippen molar-refractivity contribution in [1.29, 1.82) is 0 Å². The average molecular weight is 478 g/mol. The molecule has 6 nitrogen and oxygen atoms in total. The van der Waals surface area contributed by atoms with E-state index in [-0.39, 0.29) is 6.04 Å². The minimum atomic E-state index is -1.27. The highest BCUT2D eigenvalue weighted by Crippen LogP contribution is 2.61. The fraction of sp³-hybridized carbons (Fsp3) is 0.621. The van der Waals surface area contributed by atoms with Gasteiger partial charge in [-0.3, -0.25) is 9.69 Å². The number of aromatic nitrogens is 2. The zero-order valence-electron chi connectivity index (χ0n) is 21.5. The maximum Gasteiger partial charge on any atom is 0.360 e. The number of carbonyl (C=O) groups is 1. The fourth-order valence-corrected chi connectivity index (χ4v) is 7.27. The molecule has 4 fully saturated rings. The number of fused-ring (bicyclic) bond motifs is 3. The van der Waals surface area contributed by atoms with Crippen LogP contribution in [0.15, 0.2) is 40.7 Å². The van der Waals surface area contributed by atoms with Crippen molar-refractivity contribution in [3.63, 3.8) is 0 Å². The summed E-state index contributed by atoms with van der Waals surface area (Å²) < 4.78 is 1.67. The van der Waals surface area contributed by atoms with E-state index >= 15 is 0 Å². The molecule has 2 bridgehead atoms. The van der Waals surface area contributed by atoms with Crippen molar-refractivity contribution in [3.05, 3.63) is 52.0 Å². The van der Waals surface area contributed by atoms with Crippen LogP contribution in [0.5, 0.6) is 0 Å². The van der Waals surface area contributed by atoms with Gasteiger partial charge < -0.3 is 9.67 Å². The number of para-hydroxylation sites is 2. The first-order valence-electron chi connectivity index (χ1n) is 13.4. The zero-order valence-corrected chi connectivity index (χ0v) is 21.5. The molecule has 0 amide bonds. The molecule has 3 aliphatic carbocycles. The molecule has 1 aromatic carbocycles. The van der Waals surface area contributed by atoms with E-state index in [2.05, 4.69) is 36.7 Å². The number of benzene rings is 1. The molecule has 0 spiro atoms. The molecule has 1 saturated heterocycles. The lowest BCUT2D eigenvalue weighted by atomic mass is 9.47. The van der Waals surface area contributed by atoms with Gasteiger partial charge in [-0.2, -0.15) is 0 Å². The number of likely N-dealkylation sites (tertiary alicyclic amines) is 1. The minimum absolute atomic E-state index is 0.125. The quantitative estimate of drug-likeness (QED) is 0.543. The van der Waals surface area contributed by atoms with Crippen LogP contribution >= 0.6 is 0 Å². The van der Waals surface area contributed by atoms with Gasteiger partial charge in [0.05, 0.1) is 11.0 Å². The predicted octanol–water partition coefficient (Wildman–Crippen LogP) is 5.67. The lowest BCUT2D eigenvalue weighted by Crippen LogP contribution is -2.50.